The number of hydrogen-bond acceptors (Lipinski definition) is 8. The summed E-state index contributed by atoms with van der Waals surface area (Å²) in [5.41, 5.74) is 1.84. The van der Waals surface area contributed by atoms with E-state index in [0.29, 0.717) is 38.2 Å². The van der Waals surface area contributed by atoms with Gasteiger partial charge in [-0.15, -0.1) is 10.2 Å². The molecule has 1 aliphatic heterocycles. The lowest BCUT2D eigenvalue weighted by atomic mass is 9.97. The van der Waals surface area contributed by atoms with E-state index in [1.54, 1.807) is 44.4 Å². The Balaban J connectivity index is 1.86. The Bertz CT molecular complexity index is 1440. The zero-order valence-corrected chi connectivity index (χ0v) is 18.6. The van der Waals surface area contributed by atoms with Gasteiger partial charge in [-0.2, -0.15) is 0 Å². The van der Waals surface area contributed by atoms with Crippen molar-refractivity contribution in [2.75, 3.05) is 19.1 Å². The summed E-state index contributed by atoms with van der Waals surface area (Å²) in [6.07, 6.45) is 0. The van der Waals surface area contributed by atoms with E-state index in [-0.39, 0.29) is 16.8 Å². The fourth-order valence-corrected chi connectivity index (χ4v) is 4.73. The Morgan fingerprint density at radius 3 is 2.53 bits per heavy atom. The molecule has 1 atom stereocenters. The maximum Gasteiger partial charge on any atom is 0.297 e. The van der Waals surface area contributed by atoms with E-state index in [1.807, 2.05) is 13.0 Å². The maximum absolute atomic E-state index is 13.7. The van der Waals surface area contributed by atoms with Gasteiger partial charge in [0, 0.05) is 5.56 Å². The Morgan fingerprint density at radius 2 is 1.84 bits per heavy atom. The van der Waals surface area contributed by atoms with Crippen LogP contribution in [0.5, 0.6) is 11.5 Å². The van der Waals surface area contributed by atoms with E-state index in [4.69, 9.17) is 13.9 Å². The van der Waals surface area contributed by atoms with E-state index >= 15 is 0 Å². The summed E-state index contributed by atoms with van der Waals surface area (Å²) < 4.78 is 17.0. The van der Waals surface area contributed by atoms with Crippen molar-refractivity contribution >= 4 is 33.3 Å². The molecule has 0 fully saturated rings. The molecule has 5 rings (SSSR count). The number of ether oxygens (including phenoxy) is 2. The number of benzene rings is 2. The standard InChI is InChI=1S/C23H19N3O5S/c1-11-5-7-17-15(9-11)20(27)18-19(14-10-13(29-3)6-8-16(14)30-4)26(22(28)21(18)31-17)23-25-24-12(2)32-23/h5-10,19H,1-4H3/t19-/m0/s1. The van der Waals surface area contributed by atoms with Crippen LogP contribution in [0.15, 0.2) is 45.6 Å². The van der Waals surface area contributed by atoms with E-state index in [1.165, 1.54) is 23.3 Å². The largest absolute Gasteiger partial charge is 0.497 e. The van der Waals surface area contributed by atoms with Crippen LogP contribution in [-0.4, -0.2) is 30.3 Å². The van der Waals surface area contributed by atoms with Gasteiger partial charge in [-0.3, -0.25) is 14.5 Å². The summed E-state index contributed by atoms with van der Waals surface area (Å²) in [6.45, 7) is 3.70. The van der Waals surface area contributed by atoms with E-state index in [2.05, 4.69) is 10.2 Å². The highest BCUT2D eigenvalue weighted by Gasteiger charge is 2.46. The summed E-state index contributed by atoms with van der Waals surface area (Å²) in [6, 6.07) is 9.76. The van der Waals surface area contributed by atoms with Gasteiger partial charge in [-0.25, -0.2) is 0 Å². The van der Waals surface area contributed by atoms with Crippen molar-refractivity contribution in [1.29, 1.82) is 0 Å². The minimum absolute atomic E-state index is 0.00548. The van der Waals surface area contributed by atoms with Gasteiger partial charge < -0.3 is 13.9 Å². The fraction of sp³-hybridized carbons (Fsp3) is 0.217. The molecule has 0 saturated heterocycles. The molecule has 2 aromatic heterocycles. The highest BCUT2D eigenvalue weighted by molar-refractivity contribution is 7.15. The number of anilines is 1. The van der Waals surface area contributed by atoms with Crippen LogP contribution in [0.1, 0.15) is 38.3 Å². The number of fused-ring (bicyclic) bond motifs is 2. The topological polar surface area (TPSA) is 94.8 Å². The van der Waals surface area contributed by atoms with Gasteiger partial charge >= 0.3 is 0 Å². The third-order valence-corrected chi connectivity index (χ3v) is 6.32. The molecule has 162 valence electrons. The second kappa shape index (κ2) is 7.45. The monoisotopic (exact) mass is 449 g/mol. The summed E-state index contributed by atoms with van der Waals surface area (Å²) in [5.74, 6) is 0.613. The maximum atomic E-state index is 13.7. The molecular weight excluding hydrogens is 430 g/mol. The minimum Gasteiger partial charge on any atom is -0.497 e. The van der Waals surface area contributed by atoms with Gasteiger partial charge in [0.05, 0.1) is 25.2 Å². The van der Waals surface area contributed by atoms with Crippen molar-refractivity contribution in [3.8, 4) is 11.5 Å². The Labute approximate surface area is 187 Å². The zero-order chi connectivity index (χ0) is 22.6. The lowest BCUT2D eigenvalue weighted by Gasteiger charge is -2.24. The van der Waals surface area contributed by atoms with Gasteiger partial charge in [-0.1, -0.05) is 23.0 Å². The minimum atomic E-state index is -0.809. The molecular formula is C23H19N3O5S. The molecule has 2 aromatic carbocycles. The number of aryl methyl sites for hydroxylation is 2. The van der Waals surface area contributed by atoms with Crippen LogP contribution in [0.4, 0.5) is 5.13 Å². The molecule has 0 saturated carbocycles. The number of hydrogen-bond donors (Lipinski definition) is 0. The Kier molecular flexibility index (Phi) is 4.70. The first-order chi connectivity index (χ1) is 15.4. The Morgan fingerprint density at radius 1 is 1.03 bits per heavy atom. The lowest BCUT2D eigenvalue weighted by molar-refractivity contribution is 0.0970. The van der Waals surface area contributed by atoms with Gasteiger partial charge in [0.25, 0.3) is 5.91 Å². The summed E-state index contributed by atoms with van der Waals surface area (Å²) >= 11 is 1.26. The molecule has 1 aliphatic rings. The highest BCUT2D eigenvalue weighted by Crippen LogP contribution is 2.45. The number of methoxy groups -OCH3 is 2. The van der Waals surface area contributed by atoms with Crippen molar-refractivity contribution in [3.05, 3.63) is 74.1 Å². The number of nitrogens with zero attached hydrogens (tertiary/aromatic N) is 3. The molecule has 0 spiro atoms. The molecule has 0 bridgehead atoms. The van der Waals surface area contributed by atoms with Gasteiger partial charge in [-0.05, 0) is 44.2 Å². The van der Waals surface area contributed by atoms with Crippen LogP contribution in [0, 0.1) is 13.8 Å². The number of amides is 1. The average Bonchev–Trinajstić information content (AvgIpc) is 3.34. The third-order valence-electron chi connectivity index (χ3n) is 5.48. The van der Waals surface area contributed by atoms with Crippen molar-refractivity contribution in [3.63, 3.8) is 0 Å². The van der Waals surface area contributed by atoms with Crippen LogP contribution >= 0.6 is 11.3 Å². The average molecular weight is 449 g/mol. The molecule has 0 radical (unpaired) electrons. The SMILES string of the molecule is COc1ccc(OC)c([C@H]2c3c(oc4ccc(C)cc4c3=O)C(=O)N2c2nnc(C)s2)c1. The molecule has 0 N–H and O–H groups in total. The number of carbonyl (C=O) groups excluding carboxylic acids is 1. The van der Waals surface area contributed by atoms with Crippen LogP contribution in [0.25, 0.3) is 11.0 Å². The van der Waals surface area contributed by atoms with E-state index < -0.39 is 11.9 Å². The normalized spacial score (nSPS) is 15.3. The summed E-state index contributed by atoms with van der Waals surface area (Å²) in [5, 5.41) is 9.72. The van der Waals surface area contributed by atoms with E-state index in [9.17, 15) is 9.59 Å². The first-order valence-corrected chi connectivity index (χ1v) is 10.7. The molecule has 8 nitrogen and oxygen atoms in total. The fourth-order valence-electron chi connectivity index (χ4n) is 4.01. The second-order valence-electron chi connectivity index (χ2n) is 7.46. The molecule has 0 aliphatic carbocycles. The Hall–Kier alpha value is -3.72. The van der Waals surface area contributed by atoms with Crippen LogP contribution in [0.2, 0.25) is 0 Å². The smallest absolute Gasteiger partial charge is 0.297 e. The lowest BCUT2D eigenvalue weighted by Crippen LogP contribution is -2.29. The van der Waals surface area contributed by atoms with Crippen LogP contribution in [0.3, 0.4) is 0 Å². The van der Waals surface area contributed by atoms with Crippen molar-refractivity contribution in [2.45, 2.75) is 19.9 Å². The molecule has 32 heavy (non-hydrogen) atoms. The number of aromatic nitrogens is 2. The van der Waals surface area contributed by atoms with Gasteiger partial charge in [0.2, 0.25) is 10.9 Å². The number of carbonyl (C=O) groups is 1. The van der Waals surface area contributed by atoms with Gasteiger partial charge in [0.1, 0.15) is 28.1 Å². The predicted octanol–water partition coefficient (Wildman–Crippen LogP) is 4.03. The molecule has 0 unspecified atom stereocenters. The molecule has 4 aromatic rings. The first kappa shape index (κ1) is 20.2. The quantitative estimate of drug-likeness (QED) is 0.464. The highest BCUT2D eigenvalue weighted by atomic mass is 32.1. The van der Waals surface area contributed by atoms with Crippen molar-refractivity contribution < 1.29 is 18.7 Å². The van der Waals surface area contributed by atoms with Crippen molar-refractivity contribution in [2.24, 2.45) is 0 Å². The number of rotatable bonds is 4. The first-order valence-electron chi connectivity index (χ1n) is 9.86. The van der Waals surface area contributed by atoms with E-state index in [0.717, 1.165) is 5.56 Å². The van der Waals surface area contributed by atoms with Crippen LogP contribution < -0.4 is 19.8 Å². The molecule has 1 amide bonds. The zero-order valence-electron chi connectivity index (χ0n) is 17.8. The second-order valence-corrected chi connectivity index (χ2v) is 8.62. The third kappa shape index (κ3) is 2.96. The molecule has 3 heterocycles. The van der Waals surface area contributed by atoms with Gasteiger partial charge in [0.15, 0.2) is 5.43 Å². The van der Waals surface area contributed by atoms with Crippen molar-refractivity contribution in [1.82, 2.24) is 10.2 Å². The van der Waals surface area contributed by atoms with Crippen LogP contribution in [-0.2, 0) is 0 Å². The predicted molar refractivity (Wildman–Crippen MR) is 120 cm³/mol. The summed E-state index contributed by atoms with van der Waals surface area (Å²) in [7, 11) is 3.09. The molecule has 9 heteroatoms. The summed E-state index contributed by atoms with van der Waals surface area (Å²) in [4.78, 5) is 28.7.